The van der Waals surface area contributed by atoms with E-state index in [2.05, 4.69) is 11.9 Å². The predicted molar refractivity (Wildman–Crippen MR) is 102 cm³/mol. The standard InChI is InChI=1S/C20H21ClF3NO3/c1-4-15(6-5-12(2)20(22,23)24)25-19(26)17-10-14(21)9-16(18(17)27-3)13-7-8-28-11-13/h4-6,9-10,13H,2,7-8,11H2,1,3H3,(H,25,26)/b6-5-,15-4+. The molecule has 0 radical (unpaired) electrons. The summed E-state index contributed by atoms with van der Waals surface area (Å²) in [5.74, 6) is -0.122. The van der Waals surface area contributed by atoms with Gasteiger partial charge in [0.25, 0.3) is 5.91 Å². The zero-order valence-electron chi connectivity index (χ0n) is 15.5. The quantitative estimate of drug-likeness (QED) is 0.653. The molecule has 152 valence electrons. The Labute approximate surface area is 166 Å². The summed E-state index contributed by atoms with van der Waals surface area (Å²) in [7, 11) is 1.45. The molecule has 1 unspecified atom stereocenters. The average Bonchev–Trinajstić information content (AvgIpc) is 3.17. The second-order valence-electron chi connectivity index (χ2n) is 6.19. The van der Waals surface area contributed by atoms with Crippen molar-refractivity contribution in [2.75, 3.05) is 20.3 Å². The highest BCUT2D eigenvalue weighted by Gasteiger charge is 2.30. The third-order valence-corrected chi connectivity index (χ3v) is 4.52. The Hall–Kier alpha value is -2.25. The smallest absolute Gasteiger partial charge is 0.415 e. The minimum atomic E-state index is -4.53. The van der Waals surface area contributed by atoms with Crippen molar-refractivity contribution in [1.29, 1.82) is 0 Å². The lowest BCUT2D eigenvalue weighted by Crippen LogP contribution is -2.23. The highest BCUT2D eigenvalue weighted by molar-refractivity contribution is 6.31. The number of halogens is 4. The monoisotopic (exact) mass is 415 g/mol. The number of ether oxygens (including phenoxy) is 2. The van der Waals surface area contributed by atoms with Gasteiger partial charge >= 0.3 is 6.18 Å². The SMILES string of the molecule is C=C(/C=C\C(=C/C)NC(=O)c1cc(Cl)cc(C2CCOC2)c1OC)C(F)(F)F. The molecule has 1 aromatic rings. The van der Waals surface area contributed by atoms with Gasteiger partial charge in [0, 0.05) is 34.4 Å². The molecule has 1 aliphatic rings. The van der Waals surface area contributed by atoms with Gasteiger partial charge in [0.2, 0.25) is 0 Å². The van der Waals surface area contributed by atoms with Gasteiger partial charge in [-0.15, -0.1) is 0 Å². The van der Waals surface area contributed by atoms with Gasteiger partial charge in [-0.25, -0.2) is 0 Å². The highest BCUT2D eigenvalue weighted by atomic mass is 35.5. The van der Waals surface area contributed by atoms with E-state index in [-0.39, 0.29) is 17.2 Å². The Morgan fingerprint density at radius 2 is 2.11 bits per heavy atom. The number of benzene rings is 1. The van der Waals surface area contributed by atoms with E-state index in [1.54, 1.807) is 13.0 Å². The number of carbonyl (C=O) groups is 1. The lowest BCUT2D eigenvalue weighted by Gasteiger charge is -2.18. The Kier molecular flexibility index (Phi) is 7.32. The fraction of sp³-hybridized carbons (Fsp3) is 0.350. The summed E-state index contributed by atoms with van der Waals surface area (Å²) in [5.41, 5.74) is 0.119. The fourth-order valence-corrected chi connectivity index (χ4v) is 3.01. The van der Waals surface area contributed by atoms with Crippen molar-refractivity contribution in [3.05, 3.63) is 64.4 Å². The Balaban J connectivity index is 2.27. The first-order valence-corrected chi connectivity index (χ1v) is 8.92. The van der Waals surface area contributed by atoms with Crippen LogP contribution in [0, 0.1) is 0 Å². The summed E-state index contributed by atoms with van der Waals surface area (Å²) in [6, 6.07) is 3.20. The van der Waals surface area contributed by atoms with Crippen LogP contribution in [-0.4, -0.2) is 32.4 Å². The van der Waals surface area contributed by atoms with E-state index in [1.165, 1.54) is 19.3 Å². The number of alkyl halides is 3. The van der Waals surface area contributed by atoms with Crippen LogP contribution in [-0.2, 0) is 4.74 Å². The average molecular weight is 416 g/mol. The molecule has 1 atom stereocenters. The third-order valence-electron chi connectivity index (χ3n) is 4.30. The van der Waals surface area contributed by atoms with Crippen molar-refractivity contribution in [1.82, 2.24) is 5.32 Å². The van der Waals surface area contributed by atoms with Gasteiger partial charge in [0.1, 0.15) is 5.75 Å². The van der Waals surface area contributed by atoms with Gasteiger partial charge < -0.3 is 14.8 Å². The Morgan fingerprint density at radius 3 is 2.64 bits per heavy atom. The fourth-order valence-electron chi connectivity index (χ4n) is 2.79. The first-order chi connectivity index (χ1) is 13.2. The topological polar surface area (TPSA) is 47.6 Å². The molecule has 0 saturated carbocycles. The first-order valence-electron chi connectivity index (χ1n) is 8.54. The van der Waals surface area contributed by atoms with E-state index in [0.717, 1.165) is 24.1 Å². The van der Waals surface area contributed by atoms with E-state index < -0.39 is 17.7 Å². The second kappa shape index (κ2) is 9.30. The number of carbonyl (C=O) groups excluding carboxylic acids is 1. The van der Waals surface area contributed by atoms with Gasteiger partial charge in [0.05, 0.1) is 19.3 Å². The lowest BCUT2D eigenvalue weighted by atomic mass is 9.95. The van der Waals surface area contributed by atoms with Crippen LogP contribution in [0.3, 0.4) is 0 Å². The molecule has 28 heavy (non-hydrogen) atoms. The molecule has 2 rings (SSSR count). The zero-order valence-corrected chi connectivity index (χ0v) is 16.3. The van der Waals surface area contributed by atoms with Gasteiger partial charge in [-0.05, 0) is 37.6 Å². The molecular weight excluding hydrogens is 395 g/mol. The first kappa shape index (κ1) is 22.0. The molecule has 1 fully saturated rings. The summed E-state index contributed by atoms with van der Waals surface area (Å²) in [5, 5.41) is 2.92. The van der Waals surface area contributed by atoms with Crippen molar-refractivity contribution < 1.29 is 27.4 Å². The maximum absolute atomic E-state index is 12.8. The molecule has 0 aromatic heterocycles. The molecule has 4 nitrogen and oxygen atoms in total. The zero-order chi connectivity index (χ0) is 20.9. The minimum Gasteiger partial charge on any atom is -0.496 e. The van der Waals surface area contributed by atoms with Gasteiger partial charge in [-0.3, -0.25) is 4.79 Å². The molecule has 1 N–H and O–H groups in total. The van der Waals surface area contributed by atoms with Crippen LogP contribution in [0.1, 0.15) is 35.2 Å². The van der Waals surface area contributed by atoms with Gasteiger partial charge in [-0.2, -0.15) is 13.2 Å². The molecule has 1 aliphatic heterocycles. The highest BCUT2D eigenvalue weighted by Crippen LogP contribution is 2.37. The van der Waals surface area contributed by atoms with Crippen LogP contribution in [0.5, 0.6) is 5.75 Å². The van der Waals surface area contributed by atoms with Crippen molar-refractivity contribution in [3.8, 4) is 5.75 Å². The third kappa shape index (κ3) is 5.39. The van der Waals surface area contributed by atoms with Crippen molar-refractivity contribution in [2.24, 2.45) is 0 Å². The summed E-state index contributed by atoms with van der Waals surface area (Å²) < 4.78 is 48.5. The second-order valence-corrected chi connectivity index (χ2v) is 6.63. The maximum Gasteiger partial charge on any atom is 0.415 e. The van der Waals surface area contributed by atoms with E-state index in [0.29, 0.717) is 24.0 Å². The summed E-state index contributed by atoms with van der Waals surface area (Å²) >= 11 is 6.18. The number of amides is 1. The van der Waals surface area contributed by atoms with Crippen LogP contribution in [0.2, 0.25) is 5.02 Å². The molecule has 8 heteroatoms. The maximum atomic E-state index is 12.8. The number of allylic oxidation sites excluding steroid dienone is 4. The molecule has 1 heterocycles. The summed E-state index contributed by atoms with van der Waals surface area (Å²) in [4.78, 5) is 12.8. The summed E-state index contributed by atoms with van der Waals surface area (Å²) in [6.45, 7) is 5.66. The Morgan fingerprint density at radius 1 is 1.39 bits per heavy atom. The van der Waals surface area contributed by atoms with Crippen molar-refractivity contribution >= 4 is 17.5 Å². The molecule has 0 spiro atoms. The van der Waals surface area contributed by atoms with Crippen LogP contribution < -0.4 is 10.1 Å². The number of rotatable bonds is 6. The van der Waals surface area contributed by atoms with E-state index in [9.17, 15) is 18.0 Å². The van der Waals surface area contributed by atoms with E-state index in [4.69, 9.17) is 21.1 Å². The van der Waals surface area contributed by atoms with Crippen molar-refractivity contribution in [3.63, 3.8) is 0 Å². The predicted octanol–water partition coefficient (Wildman–Crippen LogP) is 5.16. The van der Waals surface area contributed by atoms with Crippen LogP contribution in [0.15, 0.2) is 48.2 Å². The molecule has 1 amide bonds. The molecule has 0 aliphatic carbocycles. The number of methoxy groups -OCH3 is 1. The normalized spacial score (nSPS) is 17.8. The molecule has 1 saturated heterocycles. The molecule has 1 aromatic carbocycles. The van der Waals surface area contributed by atoms with E-state index >= 15 is 0 Å². The van der Waals surface area contributed by atoms with Crippen LogP contribution in [0.4, 0.5) is 13.2 Å². The van der Waals surface area contributed by atoms with Crippen LogP contribution in [0.25, 0.3) is 0 Å². The van der Waals surface area contributed by atoms with Gasteiger partial charge in [-0.1, -0.05) is 24.3 Å². The lowest BCUT2D eigenvalue weighted by molar-refractivity contribution is -0.0878. The number of hydrogen-bond acceptors (Lipinski definition) is 3. The Bertz CT molecular complexity index is 810. The summed E-state index contributed by atoms with van der Waals surface area (Å²) in [6.07, 6.45) is -0.350. The molecule has 0 bridgehead atoms. The minimum absolute atomic E-state index is 0.0522. The van der Waals surface area contributed by atoms with Gasteiger partial charge in [0.15, 0.2) is 0 Å². The number of hydrogen-bond donors (Lipinski definition) is 1. The van der Waals surface area contributed by atoms with Crippen molar-refractivity contribution in [2.45, 2.75) is 25.4 Å². The number of nitrogens with one attached hydrogen (secondary N) is 1. The molecular formula is C20H21ClF3NO3. The largest absolute Gasteiger partial charge is 0.496 e. The van der Waals surface area contributed by atoms with Crippen LogP contribution >= 0.6 is 11.6 Å². The van der Waals surface area contributed by atoms with E-state index in [1.807, 2.05) is 0 Å².